The van der Waals surface area contributed by atoms with Gasteiger partial charge in [0, 0.05) is 19.2 Å². The number of hydrogen-bond donors (Lipinski definition) is 2. The third-order valence-electron chi connectivity index (χ3n) is 4.47. The lowest BCUT2D eigenvalue weighted by Gasteiger charge is -2.25. The first-order valence-corrected chi connectivity index (χ1v) is 9.61. The van der Waals surface area contributed by atoms with Gasteiger partial charge < -0.3 is 20.3 Å². The van der Waals surface area contributed by atoms with Crippen LogP contribution in [0.5, 0.6) is 5.75 Å². The Morgan fingerprint density at radius 1 is 1.33 bits per heavy atom. The molecule has 0 saturated carbocycles. The summed E-state index contributed by atoms with van der Waals surface area (Å²) in [4.78, 5) is 14.7. The number of fused-ring (bicyclic) bond motifs is 1. The molecule has 0 aromatic heterocycles. The molecular formula is C20H23BrFN3O2. The summed E-state index contributed by atoms with van der Waals surface area (Å²) in [5.74, 6) is -0.217. The number of carbonyl (C=O) groups is 1. The fraction of sp³-hybridized carbons (Fsp3) is 0.350. The summed E-state index contributed by atoms with van der Waals surface area (Å²) < 4.78 is 20.1. The highest BCUT2D eigenvalue weighted by Crippen LogP contribution is 2.31. The van der Waals surface area contributed by atoms with Crippen molar-refractivity contribution in [2.75, 3.05) is 32.6 Å². The summed E-state index contributed by atoms with van der Waals surface area (Å²) in [6.45, 7) is 1.78. The SMILES string of the molecule is CN(C)CCOc1cc(Br)c(F)cc1NC(=O)[C@H]1Cc2ccccc2CN1. The van der Waals surface area contributed by atoms with E-state index >= 15 is 0 Å². The van der Waals surface area contributed by atoms with Gasteiger partial charge in [0.15, 0.2) is 0 Å². The van der Waals surface area contributed by atoms with Gasteiger partial charge in [-0.05, 0) is 53.6 Å². The number of nitrogens with one attached hydrogen (secondary N) is 2. The van der Waals surface area contributed by atoms with Crippen LogP contribution in [0, 0.1) is 5.82 Å². The van der Waals surface area contributed by atoms with E-state index in [4.69, 9.17) is 4.74 Å². The molecule has 5 nitrogen and oxygen atoms in total. The highest BCUT2D eigenvalue weighted by molar-refractivity contribution is 9.10. The van der Waals surface area contributed by atoms with E-state index in [0.29, 0.717) is 42.0 Å². The van der Waals surface area contributed by atoms with Crippen molar-refractivity contribution in [1.29, 1.82) is 0 Å². The van der Waals surface area contributed by atoms with Crippen LogP contribution in [0.2, 0.25) is 0 Å². The Bertz CT molecular complexity index is 829. The van der Waals surface area contributed by atoms with Crippen LogP contribution in [0.1, 0.15) is 11.1 Å². The van der Waals surface area contributed by atoms with Crippen molar-refractivity contribution in [3.63, 3.8) is 0 Å². The molecular weight excluding hydrogens is 413 g/mol. The van der Waals surface area contributed by atoms with Crippen molar-refractivity contribution < 1.29 is 13.9 Å². The van der Waals surface area contributed by atoms with Crippen LogP contribution >= 0.6 is 15.9 Å². The summed E-state index contributed by atoms with van der Waals surface area (Å²) in [5, 5.41) is 6.05. The minimum atomic E-state index is -0.452. The number of carbonyl (C=O) groups excluding carboxylic acids is 1. The molecule has 27 heavy (non-hydrogen) atoms. The number of anilines is 1. The van der Waals surface area contributed by atoms with Crippen LogP contribution in [0.4, 0.5) is 10.1 Å². The zero-order chi connectivity index (χ0) is 19.4. The van der Waals surface area contributed by atoms with Crippen molar-refractivity contribution in [2.45, 2.75) is 19.0 Å². The molecule has 2 N–H and O–H groups in total. The van der Waals surface area contributed by atoms with Gasteiger partial charge >= 0.3 is 0 Å². The fourth-order valence-corrected chi connectivity index (χ4v) is 3.27. The Morgan fingerprint density at radius 2 is 2.07 bits per heavy atom. The van der Waals surface area contributed by atoms with Gasteiger partial charge in [-0.15, -0.1) is 0 Å². The second-order valence-corrected chi connectivity index (χ2v) is 7.66. The molecule has 7 heteroatoms. The smallest absolute Gasteiger partial charge is 0.241 e. The lowest BCUT2D eigenvalue weighted by Crippen LogP contribution is -2.44. The second-order valence-electron chi connectivity index (χ2n) is 6.81. The third-order valence-corrected chi connectivity index (χ3v) is 5.08. The Balaban J connectivity index is 1.72. The van der Waals surface area contributed by atoms with Crippen LogP contribution < -0.4 is 15.4 Å². The van der Waals surface area contributed by atoms with Crippen molar-refractivity contribution >= 4 is 27.5 Å². The second kappa shape index (κ2) is 8.82. The minimum absolute atomic E-state index is 0.205. The van der Waals surface area contributed by atoms with Crippen molar-refractivity contribution in [3.05, 3.63) is 57.8 Å². The molecule has 1 aliphatic rings. The molecule has 0 aliphatic carbocycles. The molecule has 1 atom stereocenters. The van der Waals surface area contributed by atoms with Gasteiger partial charge in [0.2, 0.25) is 5.91 Å². The molecule has 2 aromatic carbocycles. The van der Waals surface area contributed by atoms with E-state index in [1.54, 1.807) is 6.07 Å². The molecule has 1 heterocycles. The quantitative estimate of drug-likeness (QED) is 0.731. The number of likely N-dealkylation sites (N-methyl/N-ethyl adjacent to an activating group) is 1. The van der Waals surface area contributed by atoms with E-state index in [2.05, 4.69) is 32.6 Å². The number of ether oxygens (including phenoxy) is 1. The number of halogens is 2. The first kappa shape index (κ1) is 19.8. The van der Waals surface area contributed by atoms with E-state index < -0.39 is 5.82 Å². The van der Waals surface area contributed by atoms with Gasteiger partial charge in [-0.1, -0.05) is 24.3 Å². The van der Waals surface area contributed by atoms with Crippen LogP contribution in [-0.2, 0) is 17.8 Å². The molecule has 1 amide bonds. The first-order valence-electron chi connectivity index (χ1n) is 8.81. The zero-order valence-corrected chi connectivity index (χ0v) is 17.0. The predicted octanol–water partition coefficient (Wildman–Crippen LogP) is 3.18. The normalized spacial score (nSPS) is 16.1. The van der Waals surface area contributed by atoms with Crippen LogP contribution in [0.15, 0.2) is 40.9 Å². The number of amides is 1. The molecule has 144 valence electrons. The summed E-state index contributed by atoms with van der Waals surface area (Å²) in [6, 6.07) is 10.5. The van der Waals surface area contributed by atoms with Crippen molar-refractivity contribution in [2.24, 2.45) is 0 Å². The average Bonchev–Trinajstić information content (AvgIpc) is 2.64. The van der Waals surface area contributed by atoms with E-state index in [1.807, 2.05) is 37.2 Å². The molecule has 0 spiro atoms. The Kier molecular flexibility index (Phi) is 6.46. The largest absolute Gasteiger partial charge is 0.490 e. The zero-order valence-electron chi connectivity index (χ0n) is 15.4. The first-order chi connectivity index (χ1) is 12.9. The molecule has 3 rings (SSSR count). The lowest BCUT2D eigenvalue weighted by atomic mass is 9.95. The number of benzene rings is 2. The van der Waals surface area contributed by atoms with Gasteiger partial charge in [0.1, 0.15) is 18.2 Å². The van der Waals surface area contributed by atoms with Crippen molar-refractivity contribution in [1.82, 2.24) is 10.2 Å². The van der Waals surface area contributed by atoms with E-state index in [9.17, 15) is 9.18 Å². The Morgan fingerprint density at radius 3 is 2.81 bits per heavy atom. The van der Waals surface area contributed by atoms with E-state index in [1.165, 1.54) is 11.6 Å². The maximum Gasteiger partial charge on any atom is 0.241 e. The minimum Gasteiger partial charge on any atom is -0.490 e. The van der Waals surface area contributed by atoms with Crippen molar-refractivity contribution in [3.8, 4) is 5.75 Å². The summed E-state index contributed by atoms with van der Waals surface area (Å²) in [6.07, 6.45) is 0.595. The molecule has 0 radical (unpaired) electrons. The molecule has 0 saturated heterocycles. The predicted molar refractivity (Wildman–Crippen MR) is 108 cm³/mol. The highest BCUT2D eigenvalue weighted by atomic mass is 79.9. The highest BCUT2D eigenvalue weighted by Gasteiger charge is 2.25. The maximum atomic E-state index is 14.0. The number of nitrogens with zero attached hydrogens (tertiary/aromatic N) is 1. The van der Waals surface area contributed by atoms with Gasteiger partial charge in [-0.3, -0.25) is 4.79 Å². The third kappa shape index (κ3) is 5.06. The summed E-state index contributed by atoms with van der Waals surface area (Å²) >= 11 is 3.17. The Labute approximate surface area is 167 Å². The fourth-order valence-electron chi connectivity index (χ4n) is 2.94. The van der Waals surface area contributed by atoms with Crippen LogP contribution in [0.3, 0.4) is 0 Å². The van der Waals surface area contributed by atoms with E-state index in [0.717, 1.165) is 5.56 Å². The number of hydrogen-bond acceptors (Lipinski definition) is 4. The maximum absolute atomic E-state index is 14.0. The van der Waals surface area contributed by atoms with Gasteiger partial charge in [0.05, 0.1) is 16.2 Å². The van der Waals surface area contributed by atoms with Crippen LogP contribution in [0.25, 0.3) is 0 Å². The summed E-state index contributed by atoms with van der Waals surface area (Å²) in [5.41, 5.74) is 2.69. The molecule has 1 aliphatic heterocycles. The molecule has 0 bridgehead atoms. The van der Waals surface area contributed by atoms with Gasteiger partial charge in [-0.25, -0.2) is 4.39 Å². The molecule has 2 aromatic rings. The van der Waals surface area contributed by atoms with Crippen LogP contribution in [-0.4, -0.2) is 44.1 Å². The topological polar surface area (TPSA) is 53.6 Å². The summed E-state index contributed by atoms with van der Waals surface area (Å²) in [7, 11) is 3.89. The average molecular weight is 436 g/mol. The Hall–Kier alpha value is -1.96. The molecule has 0 unspecified atom stereocenters. The number of rotatable bonds is 6. The lowest BCUT2D eigenvalue weighted by molar-refractivity contribution is -0.118. The van der Waals surface area contributed by atoms with Gasteiger partial charge in [-0.2, -0.15) is 0 Å². The molecule has 0 fully saturated rings. The monoisotopic (exact) mass is 435 g/mol. The van der Waals surface area contributed by atoms with E-state index in [-0.39, 0.29) is 11.9 Å². The standard InChI is InChI=1S/C20H23BrFN3O2/c1-25(2)7-8-27-19-10-15(21)16(22)11-17(19)24-20(26)18-9-13-5-3-4-6-14(13)12-23-18/h3-6,10-11,18,23H,7-9,12H2,1-2H3,(H,24,26)/t18-/m1/s1. The van der Waals surface area contributed by atoms with Gasteiger partial charge in [0.25, 0.3) is 0 Å².